The van der Waals surface area contributed by atoms with E-state index in [1.165, 1.54) is 11.8 Å². The third-order valence-corrected chi connectivity index (χ3v) is 4.65. The molecule has 0 bridgehead atoms. The summed E-state index contributed by atoms with van der Waals surface area (Å²) in [5, 5.41) is 9.31. The van der Waals surface area contributed by atoms with Crippen LogP contribution in [0.15, 0.2) is 10.6 Å². The first-order chi connectivity index (χ1) is 10.5. The second-order valence-electron chi connectivity index (χ2n) is 5.41. The van der Waals surface area contributed by atoms with Crippen LogP contribution in [0.4, 0.5) is 5.82 Å². The van der Waals surface area contributed by atoms with Gasteiger partial charge in [0.2, 0.25) is 11.8 Å². The standard InChI is InChI=1S/C14H22N4O3S.ClH/c1-9-7-15-4-5-18(9)13(19)8-22-11(3)14(20)16-12-6-10(2)21-17-12;/h6,9,11,15H,4-5,7-8H2,1-3H3,(H,16,17,20);1H/t9-,11?;/m1./s1. The molecule has 2 heterocycles. The topological polar surface area (TPSA) is 87.5 Å². The molecule has 2 rings (SSSR count). The van der Waals surface area contributed by atoms with E-state index in [4.69, 9.17) is 4.52 Å². The number of aryl methyl sites for hydroxylation is 1. The van der Waals surface area contributed by atoms with Crippen molar-refractivity contribution < 1.29 is 14.1 Å². The Balaban J connectivity index is 0.00000264. The van der Waals surface area contributed by atoms with Crippen LogP contribution in [0.5, 0.6) is 0 Å². The summed E-state index contributed by atoms with van der Waals surface area (Å²) < 4.78 is 4.90. The van der Waals surface area contributed by atoms with E-state index < -0.39 is 0 Å². The molecule has 2 N–H and O–H groups in total. The number of halogens is 1. The summed E-state index contributed by atoms with van der Waals surface area (Å²) in [6, 6.07) is 1.85. The van der Waals surface area contributed by atoms with Gasteiger partial charge in [0, 0.05) is 31.7 Å². The van der Waals surface area contributed by atoms with E-state index in [1.54, 1.807) is 19.9 Å². The smallest absolute Gasteiger partial charge is 0.238 e. The molecule has 23 heavy (non-hydrogen) atoms. The van der Waals surface area contributed by atoms with Crippen LogP contribution < -0.4 is 10.6 Å². The van der Waals surface area contributed by atoms with E-state index in [9.17, 15) is 9.59 Å². The third-order valence-electron chi connectivity index (χ3n) is 3.53. The predicted octanol–water partition coefficient (Wildman–Crippen LogP) is 1.29. The largest absolute Gasteiger partial charge is 0.360 e. The number of carbonyl (C=O) groups excluding carboxylic acids is 2. The van der Waals surface area contributed by atoms with Crippen molar-refractivity contribution in [3.05, 3.63) is 11.8 Å². The zero-order valence-electron chi connectivity index (χ0n) is 13.5. The molecule has 1 fully saturated rings. The van der Waals surface area contributed by atoms with E-state index in [-0.39, 0.29) is 35.5 Å². The number of rotatable bonds is 5. The molecule has 1 unspecified atom stereocenters. The lowest BCUT2D eigenvalue weighted by atomic mass is 10.2. The summed E-state index contributed by atoms with van der Waals surface area (Å²) in [5.41, 5.74) is 0. The number of anilines is 1. The van der Waals surface area contributed by atoms with Gasteiger partial charge in [0.15, 0.2) is 5.82 Å². The van der Waals surface area contributed by atoms with Crippen LogP contribution in [0, 0.1) is 6.92 Å². The SMILES string of the molecule is Cc1cc(NC(=O)C(C)SCC(=O)N2CCNC[C@H]2C)no1.Cl. The summed E-state index contributed by atoms with van der Waals surface area (Å²) in [4.78, 5) is 26.1. The van der Waals surface area contributed by atoms with Gasteiger partial charge in [-0.3, -0.25) is 9.59 Å². The average Bonchev–Trinajstić information content (AvgIpc) is 2.90. The quantitative estimate of drug-likeness (QED) is 0.820. The molecule has 0 radical (unpaired) electrons. The fourth-order valence-corrected chi connectivity index (χ4v) is 2.99. The first kappa shape index (κ1) is 19.8. The lowest BCUT2D eigenvalue weighted by Crippen LogP contribution is -2.52. The lowest BCUT2D eigenvalue weighted by molar-refractivity contribution is -0.131. The van der Waals surface area contributed by atoms with Gasteiger partial charge in [-0.05, 0) is 20.8 Å². The maximum absolute atomic E-state index is 12.2. The number of amides is 2. The Morgan fingerprint density at radius 1 is 1.61 bits per heavy atom. The molecular formula is C14H23ClN4O3S. The Morgan fingerprint density at radius 3 is 2.96 bits per heavy atom. The van der Waals surface area contributed by atoms with E-state index in [1.807, 2.05) is 11.8 Å². The second-order valence-corrected chi connectivity index (χ2v) is 6.73. The predicted molar refractivity (Wildman–Crippen MR) is 93.1 cm³/mol. The molecule has 7 nitrogen and oxygen atoms in total. The van der Waals surface area contributed by atoms with Gasteiger partial charge >= 0.3 is 0 Å². The molecule has 9 heteroatoms. The molecule has 0 saturated carbocycles. The Hall–Kier alpha value is -1.25. The molecule has 1 aliphatic heterocycles. The van der Waals surface area contributed by atoms with Gasteiger partial charge in [0.25, 0.3) is 0 Å². The highest BCUT2D eigenvalue weighted by Gasteiger charge is 2.24. The van der Waals surface area contributed by atoms with Crippen LogP contribution >= 0.6 is 24.2 Å². The molecule has 0 spiro atoms. The van der Waals surface area contributed by atoms with E-state index in [0.29, 0.717) is 17.3 Å². The molecular weight excluding hydrogens is 340 g/mol. The molecule has 0 aromatic carbocycles. The third kappa shape index (κ3) is 5.71. The highest BCUT2D eigenvalue weighted by molar-refractivity contribution is 8.01. The lowest BCUT2D eigenvalue weighted by Gasteiger charge is -2.34. The Labute approximate surface area is 146 Å². The molecule has 1 saturated heterocycles. The van der Waals surface area contributed by atoms with E-state index >= 15 is 0 Å². The van der Waals surface area contributed by atoms with Gasteiger partial charge in [-0.15, -0.1) is 24.2 Å². The van der Waals surface area contributed by atoms with Gasteiger partial charge in [-0.1, -0.05) is 5.16 Å². The van der Waals surface area contributed by atoms with Crippen molar-refractivity contribution in [2.24, 2.45) is 0 Å². The molecule has 1 aromatic rings. The van der Waals surface area contributed by atoms with Crippen molar-refractivity contribution >= 4 is 41.8 Å². The highest BCUT2D eigenvalue weighted by atomic mass is 35.5. The maximum Gasteiger partial charge on any atom is 0.238 e. The van der Waals surface area contributed by atoms with Gasteiger partial charge in [-0.2, -0.15) is 0 Å². The van der Waals surface area contributed by atoms with Crippen molar-refractivity contribution in [1.82, 2.24) is 15.4 Å². The molecule has 0 aliphatic carbocycles. The average molecular weight is 363 g/mol. The minimum atomic E-state index is -0.334. The summed E-state index contributed by atoms with van der Waals surface area (Å²) >= 11 is 1.33. The maximum atomic E-state index is 12.2. The fraction of sp³-hybridized carbons (Fsp3) is 0.643. The van der Waals surface area contributed by atoms with Crippen LogP contribution in [0.3, 0.4) is 0 Å². The molecule has 1 aromatic heterocycles. The minimum absolute atomic E-state index is 0. The van der Waals surface area contributed by atoms with Crippen molar-refractivity contribution in [1.29, 1.82) is 0 Å². The first-order valence-corrected chi connectivity index (χ1v) is 8.38. The Bertz CT molecular complexity index is 540. The van der Waals surface area contributed by atoms with E-state index in [0.717, 1.165) is 19.6 Å². The number of hydrogen-bond donors (Lipinski definition) is 2. The molecule has 130 valence electrons. The van der Waals surface area contributed by atoms with Crippen molar-refractivity contribution in [2.45, 2.75) is 32.1 Å². The Kier molecular flexibility index (Phi) is 7.87. The van der Waals surface area contributed by atoms with Crippen molar-refractivity contribution in [3.8, 4) is 0 Å². The van der Waals surface area contributed by atoms with Crippen molar-refractivity contribution in [3.63, 3.8) is 0 Å². The number of piperazine rings is 1. The fourth-order valence-electron chi connectivity index (χ4n) is 2.22. The molecule has 2 amide bonds. The van der Waals surface area contributed by atoms with Gasteiger partial charge in [0.05, 0.1) is 11.0 Å². The number of thioether (sulfide) groups is 1. The summed E-state index contributed by atoms with van der Waals surface area (Å²) in [6.07, 6.45) is 0. The van der Waals surface area contributed by atoms with Crippen LogP contribution in [-0.2, 0) is 9.59 Å². The summed E-state index contributed by atoms with van der Waals surface area (Å²) in [7, 11) is 0. The second kappa shape index (κ2) is 9.14. The van der Waals surface area contributed by atoms with Gasteiger partial charge in [0.1, 0.15) is 5.76 Å². The van der Waals surface area contributed by atoms with Crippen LogP contribution in [-0.4, -0.2) is 58.5 Å². The molecule has 1 aliphatic rings. The zero-order valence-corrected chi connectivity index (χ0v) is 15.1. The monoisotopic (exact) mass is 362 g/mol. The number of nitrogens with one attached hydrogen (secondary N) is 2. The van der Waals surface area contributed by atoms with Crippen molar-refractivity contribution in [2.75, 3.05) is 30.7 Å². The van der Waals surface area contributed by atoms with Gasteiger partial charge in [-0.25, -0.2) is 0 Å². The number of nitrogens with zero attached hydrogens (tertiary/aromatic N) is 2. The Morgan fingerprint density at radius 2 is 2.35 bits per heavy atom. The zero-order chi connectivity index (χ0) is 16.1. The van der Waals surface area contributed by atoms with E-state index in [2.05, 4.69) is 15.8 Å². The van der Waals surface area contributed by atoms with Crippen LogP contribution in [0.25, 0.3) is 0 Å². The van der Waals surface area contributed by atoms with Crippen LogP contribution in [0.1, 0.15) is 19.6 Å². The highest BCUT2D eigenvalue weighted by Crippen LogP contribution is 2.16. The minimum Gasteiger partial charge on any atom is -0.360 e. The number of carbonyl (C=O) groups is 2. The van der Waals surface area contributed by atoms with Gasteiger partial charge < -0.3 is 20.1 Å². The summed E-state index contributed by atoms with van der Waals surface area (Å²) in [6.45, 7) is 7.92. The number of aromatic nitrogens is 1. The molecule has 2 atom stereocenters. The summed E-state index contributed by atoms with van der Waals surface area (Å²) in [5.74, 6) is 1.24. The normalized spacial score (nSPS) is 18.9. The number of hydrogen-bond acceptors (Lipinski definition) is 6. The first-order valence-electron chi connectivity index (χ1n) is 7.33. The van der Waals surface area contributed by atoms with Crippen LogP contribution in [0.2, 0.25) is 0 Å².